The first kappa shape index (κ1) is 10.6. The van der Waals surface area contributed by atoms with Crippen molar-refractivity contribution in [3.05, 3.63) is 23.3 Å². The van der Waals surface area contributed by atoms with E-state index in [-0.39, 0.29) is 5.41 Å². The Balaban J connectivity index is 2.35. The van der Waals surface area contributed by atoms with Gasteiger partial charge in [-0.05, 0) is 7.05 Å². The smallest absolute Gasteiger partial charge is 0.133 e. The zero-order valence-corrected chi connectivity index (χ0v) is 10.0. The van der Waals surface area contributed by atoms with E-state index in [1.807, 2.05) is 6.20 Å². The minimum Gasteiger partial charge on any atom is -0.302 e. The lowest BCUT2D eigenvalue weighted by Crippen LogP contribution is -2.29. The van der Waals surface area contributed by atoms with Gasteiger partial charge < -0.3 is 4.90 Å². The van der Waals surface area contributed by atoms with Crippen molar-refractivity contribution < 1.29 is 0 Å². The molecule has 82 valence electrons. The van der Waals surface area contributed by atoms with Crippen LogP contribution in [0.2, 0.25) is 0 Å². The van der Waals surface area contributed by atoms with Crippen LogP contribution in [0.5, 0.6) is 0 Å². The van der Waals surface area contributed by atoms with Crippen molar-refractivity contribution in [1.29, 1.82) is 0 Å². The van der Waals surface area contributed by atoms with Crippen molar-refractivity contribution in [2.75, 3.05) is 13.6 Å². The molecule has 1 aromatic rings. The lowest BCUT2D eigenvalue weighted by atomic mass is 9.95. The zero-order chi connectivity index (χ0) is 11.1. The largest absolute Gasteiger partial charge is 0.302 e. The average Bonchev–Trinajstić information content (AvgIpc) is 2.15. The van der Waals surface area contributed by atoms with Gasteiger partial charge in [0.2, 0.25) is 0 Å². The first-order chi connectivity index (χ1) is 6.97. The number of hydrogen-bond donors (Lipinski definition) is 0. The van der Waals surface area contributed by atoms with E-state index < -0.39 is 0 Å². The standard InChI is InChI=1S/C12H19N3/c1-12(2,3)11-13-7-9-8-15(4)6-5-10(9)14-11/h7H,5-6,8H2,1-4H3. The second-order valence-corrected chi connectivity index (χ2v) is 5.40. The van der Waals surface area contributed by atoms with Gasteiger partial charge in [-0.3, -0.25) is 0 Å². The number of hydrogen-bond acceptors (Lipinski definition) is 3. The van der Waals surface area contributed by atoms with Crippen LogP contribution in [0.3, 0.4) is 0 Å². The summed E-state index contributed by atoms with van der Waals surface area (Å²) in [4.78, 5) is 11.4. The van der Waals surface area contributed by atoms with Gasteiger partial charge in [0.05, 0.1) is 0 Å². The Morgan fingerprint density at radius 2 is 2.07 bits per heavy atom. The molecule has 0 N–H and O–H groups in total. The Bertz CT molecular complexity index is 366. The summed E-state index contributed by atoms with van der Waals surface area (Å²) in [6, 6.07) is 0. The van der Waals surface area contributed by atoms with E-state index in [0.717, 1.165) is 25.3 Å². The van der Waals surface area contributed by atoms with Crippen LogP contribution in [0, 0.1) is 0 Å². The number of fused-ring (bicyclic) bond motifs is 1. The lowest BCUT2D eigenvalue weighted by molar-refractivity contribution is 0.307. The zero-order valence-electron chi connectivity index (χ0n) is 10.0. The predicted molar refractivity (Wildman–Crippen MR) is 60.8 cm³/mol. The Labute approximate surface area is 91.5 Å². The van der Waals surface area contributed by atoms with Gasteiger partial charge in [0.15, 0.2) is 0 Å². The highest BCUT2D eigenvalue weighted by Crippen LogP contribution is 2.21. The van der Waals surface area contributed by atoms with Crippen LogP contribution in [0.25, 0.3) is 0 Å². The van der Waals surface area contributed by atoms with Crippen molar-refractivity contribution in [2.45, 2.75) is 39.2 Å². The molecule has 1 aromatic heterocycles. The molecule has 0 bridgehead atoms. The number of rotatable bonds is 0. The highest BCUT2D eigenvalue weighted by molar-refractivity contribution is 5.22. The van der Waals surface area contributed by atoms with Gasteiger partial charge in [-0.15, -0.1) is 0 Å². The molecule has 0 radical (unpaired) electrons. The van der Waals surface area contributed by atoms with Crippen molar-refractivity contribution in [3.63, 3.8) is 0 Å². The second-order valence-electron chi connectivity index (χ2n) is 5.40. The maximum absolute atomic E-state index is 4.68. The number of likely N-dealkylation sites (N-methyl/N-ethyl adjacent to an activating group) is 1. The van der Waals surface area contributed by atoms with Crippen molar-refractivity contribution in [2.24, 2.45) is 0 Å². The van der Waals surface area contributed by atoms with Crippen LogP contribution in [0.15, 0.2) is 6.20 Å². The molecule has 0 fully saturated rings. The van der Waals surface area contributed by atoms with E-state index in [4.69, 9.17) is 0 Å². The van der Waals surface area contributed by atoms with E-state index >= 15 is 0 Å². The summed E-state index contributed by atoms with van der Waals surface area (Å²) in [5.41, 5.74) is 2.59. The molecule has 3 heteroatoms. The molecule has 1 aliphatic rings. The highest BCUT2D eigenvalue weighted by atomic mass is 15.1. The summed E-state index contributed by atoms with van der Waals surface area (Å²) in [5.74, 6) is 0.964. The van der Waals surface area contributed by atoms with E-state index in [0.29, 0.717) is 0 Å². The number of aromatic nitrogens is 2. The molecule has 0 unspecified atom stereocenters. The van der Waals surface area contributed by atoms with E-state index in [1.165, 1.54) is 11.3 Å². The van der Waals surface area contributed by atoms with Crippen molar-refractivity contribution >= 4 is 0 Å². The molecule has 0 spiro atoms. The Hall–Kier alpha value is -0.960. The van der Waals surface area contributed by atoms with Gasteiger partial charge in [0, 0.05) is 42.4 Å². The molecule has 15 heavy (non-hydrogen) atoms. The molecule has 0 aliphatic carbocycles. The predicted octanol–water partition coefficient (Wildman–Crippen LogP) is 1.76. The fourth-order valence-corrected chi connectivity index (χ4v) is 1.82. The third kappa shape index (κ3) is 2.17. The van der Waals surface area contributed by atoms with E-state index in [2.05, 4.69) is 42.7 Å². The quantitative estimate of drug-likeness (QED) is 0.646. The fourth-order valence-electron chi connectivity index (χ4n) is 1.82. The normalized spacial score (nSPS) is 17.6. The van der Waals surface area contributed by atoms with E-state index in [9.17, 15) is 0 Å². The first-order valence-electron chi connectivity index (χ1n) is 5.50. The van der Waals surface area contributed by atoms with Gasteiger partial charge >= 0.3 is 0 Å². The summed E-state index contributed by atoms with van der Waals surface area (Å²) in [5, 5.41) is 0. The van der Waals surface area contributed by atoms with Crippen LogP contribution in [-0.4, -0.2) is 28.5 Å². The highest BCUT2D eigenvalue weighted by Gasteiger charge is 2.21. The monoisotopic (exact) mass is 205 g/mol. The van der Waals surface area contributed by atoms with Crippen LogP contribution in [0.1, 0.15) is 37.9 Å². The molecule has 3 nitrogen and oxygen atoms in total. The van der Waals surface area contributed by atoms with Crippen molar-refractivity contribution in [3.8, 4) is 0 Å². The van der Waals surface area contributed by atoms with Crippen LogP contribution in [0.4, 0.5) is 0 Å². The van der Waals surface area contributed by atoms with Gasteiger partial charge in [0.25, 0.3) is 0 Å². The van der Waals surface area contributed by atoms with Crippen LogP contribution >= 0.6 is 0 Å². The van der Waals surface area contributed by atoms with Crippen LogP contribution in [-0.2, 0) is 18.4 Å². The summed E-state index contributed by atoms with van der Waals surface area (Å²) >= 11 is 0. The summed E-state index contributed by atoms with van der Waals surface area (Å²) in [6.45, 7) is 8.56. The topological polar surface area (TPSA) is 29.0 Å². The molecule has 2 heterocycles. The van der Waals surface area contributed by atoms with E-state index in [1.54, 1.807) is 0 Å². The Morgan fingerprint density at radius 3 is 2.73 bits per heavy atom. The van der Waals surface area contributed by atoms with Gasteiger partial charge in [0.1, 0.15) is 5.82 Å². The van der Waals surface area contributed by atoms with Gasteiger partial charge in [-0.1, -0.05) is 20.8 Å². The maximum Gasteiger partial charge on any atom is 0.133 e. The molecule has 0 atom stereocenters. The van der Waals surface area contributed by atoms with Crippen LogP contribution < -0.4 is 0 Å². The molecular formula is C12H19N3. The minimum atomic E-state index is 0.0539. The lowest BCUT2D eigenvalue weighted by Gasteiger charge is -2.25. The summed E-state index contributed by atoms with van der Waals surface area (Å²) < 4.78 is 0. The molecular weight excluding hydrogens is 186 g/mol. The fraction of sp³-hybridized carbons (Fsp3) is 0.667. The summed E-state index contributed by atoms with van der Waals surface area (Å²) in [6.07, 6.45) is 3.05. The third-order valence-corrected chi connectivity index (χ3v) is 2.80. The third-order valence-electron chi connectivity index (χ3n) is 2.80. The molecule has 0 saturated heterocycles. The second kappa shape index (κ2) is 3.56. The van der Waals surface area contributed by atoms with Crippen molar-refractivity contribution in [1.82, 2.24) is 14.9 Å². The molecule has 2 rings (SSSR count). The molecule has 0 saturated carbocycles. The average molecular weight is 205 g/mol. The first-order valence-corrected chi connectivity index (χ1v) is 5.50. The SMILES string of the molecule is CN1CCc2nc(C(C)(C)C)ncc2C1. The minimum absolute atomic E-state index is 0.0539. The number of nitrogens with zero attached hydrogens (tertiary/aromatic N) is 3. The maximum atomic E-state index is 4.68. The van der Waals surface area contributed by atoms with Gasteiger partial charge in [-0.2, -0.15) is 0 Å². The Morgan fingerprint density at radius 1 is 1.33 bits per heavy atom. The molecule has 0 amide bonds. The molecule has 0 aromatic carbocycles. The molecule has 1 aliphatic heterocycles. The Kier molecular flexibility index (Phi) is 2.51. The summed E-state index contributed by atoms with van der Waals surface area (Å²) in [7, 11) is 2.14. The van der Waals surface area contributed by atoms with Gasteiger partial charge in [-0.25, -0.2) is 9.97 Å².